The maximum absolute atomic E-state index is 10.1. The van der Waals surface area contributed by atoms with Crippen molar-refractivity contribution in [2.75, 3.05) is 0 Å². The van der Waals surface area contributed by atoms with E-state index in [4.69, 9.17) is 0 Å². The molecule has 2 rings (SSSR count). The summed E-state index contributed by atoms with van der Waals surface area (Å²) in [6.07, 6.45) is 1.75. The predicted molar refractivity (Wildman–Crippen MR) is 65.6 cm³/mol. The van der Waals surface area contributed by atoms with Gasteiger partial charge in [0.15, 0.2) is 0 Å². The highest BCUT2D eigenvalue weighted by Gasteiger charge is 2.12. The molecule has 2 heterocycles. The molecule has 2 aromatic heterocycles. The van der Waals surface area contributed by atoms with Gasteiger partial charge in [-0.2, -0.15) is 5.10 Å². The summed E-state index contributed by atoms with van der Waals surface area (Å²) in [6.45, 7) is 3.88. The lowest BCUT2D eigenvalue weighted by atomic mass is 10.1. The molecule has 0 aromatic carbocycles. The van der Waals surface area contributed by atoms with Gasteiger partial charge in [0, 0.05) is 31.1 Å². The largest absolute Gasteiger partial charge is 0.388 e. The third-order valence-electron chi connectivity index (χ3n) is 2.82. The average Bonchev–Trinajstić information content (AvgIpc) is 2.58. The number of hydrogen-bond acceptors (Lipinski definition) is 3. The van der Waals surface area contributed by atoms with Crippen LogP contribution in [0.15, 0.2) is 24.4 Å². The van der Waals surface area contributed by atoms with Gasteiger partial charge in [0.2, 0.25) is 0 Å². The van der Waals surface area contributed by atoms with Crippen molar-refractivity contribution in [2.24, 2.45) is 7.05 Å². The second-order valence-corrected chi connectivity index (χ2v) is 4.35. The van der Waals surface area contributed by atoms with E-state index >= 15 is 0 Å². The molecule has 4 heteroatoms. The first-order valence-corrected chi connectivity index (χ1v) is 5.66. The molecule has 0 aliphatic carbocycles. The smallest absolute Gasteiger partial charge is 0.0860 e. The lowest BCUT2D eigenvalue weighted by Gasteiger charge is -2.10. The zero-order chi connectivity index (χ0) is 12.4. The summed E-state index contributed by atoms with van der Waals surface area (Å²) in [4.78, 5) is 4.19. The topological polar surface area (TPSA) is 50.9 Å². The van der Waals surface area contributed by atoms with E-state index in [1.54, 1.807) is 10.9 Å². The summed E-state index contributed by atoms with van der Waals surface area (Å²) in [6, 6.07) is 5.81. The molecule has 0 fully saturated rings. The van der Waals surface area contributed by atoms with Gasteiger partial charge < -0.3 is 5.11 Å². The Balaban J connectivity index is 2.13. The molecule has 0 saturated carbocycles. The molecule has 2 aromatic rings. The van der Waals surface area contributed by atoms with E-state index in [2.05, 4.69) is 10.1 Å². The van der Waals surface area contributed by atoms with Crippen molar-refractivity contribution in [2.45, 2.75) is 26.4 Å². The van der Waals surface area contributed by atoms with E-state index in [1.165, 1.54) is 0 Å². The molecule has 0 saturated heterocycles. The van der Waals surface area contributed by atoms with Crippen LogP contribution in [0.1, 0.15) is 28.7 Å². The molecule has 17 heavy (non-hydrogen) atoms. The second-order valence-electron chi connectivity index (χ2n) is 4.35. The van der Waals surface area contributed by atoms with Gasteiger partial charge in [0.25, 0.3) is 0 Å². The molecule has 0 bridgehead atoms. The fourth-order valence-electron chi connectivity index (χ4n) is 1.85. The highest BCUT2D eigenvalue weighted by Crippen LogP contribution is 2.17. The van der Waals surface area contributed by atoms with Crippen molar-refractivity contribution in [3.8, 4) is 0 Å². The van der Waals surface area contributed by atoms with Crippen LogP contribution in [0.3, 0.4) is 0 Å². The third kappa shape index (κ3) is 2.71. The number of aryl methyl sites for hydroxylation is 3. The Morgan fingerprint density at radius 3 is 2.59 bits per heavy atom. The minimum absolute atomic E-state index is 0.530. The fourth-order valence-corrected chi connectivity index (χ4v) is 1.85. The summed E-state index contributed by atoms with van der Waals surface area (Å²) < 4.78 is 1.81. The second kappa shape index (κ2) is 4.67. The summed E-state index contributed by atoms with van der Waals surface area (Å²) in [5.74, 6) is 0. The minimum atomic E-state index is -0.530. The lowest BCUT2D eigenvalue weighted by molar-refractivity contribution is 0.175. The normalized spacial score (nSPS) is 12.7. The van der Waals surface area contributed by atoms with Gasteiger partial charge in [-0.1, -0.05) is 6.07 Å². The van der Waals surface area contributed by atoms with Gasteiger partial charge in [0.1, 0.15) is 0 Å². The van der Waals surface area contributed by atoms with Crippen molar-refractivity contribution in [3.05, 3.63) is 47.0 Å². The Bertz CT molecular complexity index is 502. The van der Waals surface area contributed by atoms with Crippen molar-refractivity contribution in [3.63, 3.8) is 0 Å². The maximum Gasteiger partial charge on any atom is 0.0860 e. The summed E-state index contributed by atoms with van der Waals surface area (Å²) in [5.41, 5.74) is 3.79. The van der Waals surface area contributed by atoms with Gasteiger partial charge in [-0.25, -0.2) is 0 Å². The highest BCUT2D eigenvalue weighted by atomic mass is 16.3. The first-order chi connectivity index (χ1) is 8.06. The first-order valence-electron chi connectivity index (χ1n) is 5.66. The maximum atomic E-state index is 10.1. The number of rotatable bonds is 3. The molecule has 0 aliphatic heterocycles. The van der Waals surface area contributed by atoms with Crippen LogP contribution in [0.25, 0.3) is 0 Å². The van der Waals surface area contributed by atoms with E-state index in [0.717, 1.165) is 22.6 Å². The van der Waals surface area contributed by atoms with Crippen LogP contribution in [0.2, 0.25) is 0 Å². The van der Waals surface area contributed by atoms with Gasteiger partial charge >= 0.3 is 0 Å². The number of pyridine rings is 1. The number of nitrogens with zero attached hydrogens (tertiary/aromatic N) is 3. The Morgan fingerprint density at radius 2 is 2.06 bits per heavy atom. The number of aliphatic hydroxyl groups excluding tert-OH is 1. The van der Waals surface area contributed by atoms with E-state index in [9.17, 15) is 5.11 Å². The standard InChI is InChI=1S/C13H17N3O/c1-9-4-5-11(8-14-9)13(17)7-12-6-10(2)15-16(12)3/h4-6,8,13,17H,7H2,1-3H3. The van der Waals surface area contributed by atoms with Crippen LogP contribution in [0.5, 0.6) is 0 Å². The molecule has 4 nitrogen and oxygen atoms in total. The predicted octanol–water partition coefficient (Wildman–Crippen LogP) is 1.71. The van der Waals surface area contributed by atoms with Crippen molar-refractivity contribution in [1.82, 2.24) is 14.8 Å². The van der Waals surface area contributed by atoms with Gasteiger partial charge in [-0.3, -0.25) is 9.67 Å². The lowest BCUT2D eigenvalue weighted by Crippen LogP contribution is -2.06. The van der Waals surface area contributed by atoms with Gasteiger partial charge in [-0.05, 0) is 31.5 Å². The molecule has 0 radical (unpaired) electrons. The SMILES string of the molecule is Cc1ccc(C(O)Cc2cc(C)nn2C)cn1. The Kier molecular flexibility index (Phi) is 3.24. The Labute approximate surface area is 101 Å². The van der Waals surface area contributed by atoms with E-state index in [-0.39, 0.29) is 0 Å². The summed E-state index contributed by atoms with van der Waals surface area (Å²) >= 11 is 0. The van der Waals surface area contributed by atoms with Crippen LogP contribution in [0, 0.1) is 13.8 Å². The molecule has 0 spiro atoms. The summed E-state index contributed by atoms with van der Waals surface area (Å²) in [5, 5.41) is 14.4. The van der Waals surface area contributed by atoms with Crippen LogP contribution in [-0.2, 0) is 13.5 Å². The molecular weight excluding hydrogens is 214 g/mol. The number of hydrogen-bond donors (Lipinski definition) is 1. The Morgan fingerprint density at radius 1 is 1.29 bits per heavy atom. The molecule has 1 atom stereocenters. The molecule has 1 unspecified atom stereocenters. The van der Waals surface area contributed by atoms with Crippen molar-refractivity contribution >= 4 is 0 Å². The molecule has 1 N–H and O–H groups in total. The van der Waals surface area contributed by atoms with Crippen LogP contribution in [0.4, 0.5) is 0 Å². The molecular formula is C13H17N3O. The van der Waals surface area contributed by atoms with Crippen molar-refractivity contribution in [1.29, 1.82) is 0 Å². The third-order valence-corrected chi connectivity index (χ3v) is 2.82. The quantitative estimate of drug-likeness (QED) is 0.874. The van der Waals surface area contributed by atoms with Crippen LogP contribution < -0.4 is 0 Å². The van der Waals surface area contributed by atoms with Crippen molar-refractivity contribution < 1.29 is 5.11 Å². The number of aromatic nitrogens is 3. The van der Waals surface area contributed by atoms with E-state index in [1.807, 2.05) is 39.1 Å². The summed E-state index contributed by atoms with van der Waals surface area (Å²) in [7, 11) is 1.89. The van der Waals surface area contributed by atoms with E-state index < -0.39 is 6.10 Å². The Hall–Kier alpha value is -1.68. The monoisotopic (exact) mass is 231 g/mol. The van der Waals surface area contributed by atoms with Gasteiger partial charge in [0.05, 0.1) is 11.8 Å². The van der Waals surface area contributed by atoms with Crippen LogP contribution >= 0.6 is 0 Å². The van der Waals surface area contributed by atoms with Gasteiger partial charge in [-0.15, -0.1) is 0 Å². The zero-order valence-corrected chi connectivity index (χ0v) is 10.4. The molecule has 0 aliphatic rings. The van der Waals surface area contributed by atoms with Crippen LogP contribution in [-0.4, -0.2) is 19.9 Å². The first kappa shape index (κ1) is 11.8. The zero-order valence-electron chi connectivity index (χ0n) is 10.4. The average molecular weight is 231 g/mol. The van der Waals surface area contributed by atoms with E-state index in [0.29, 0.717) is 6.42 Å². The number of aliphatic hydroxyl groups is 1. The fraction of sp³-hybridized carbons (Fsp3) is 0.385. The molecule has 90 valence electrons. The highest BCUT2D eigenvalue weighted by molar-refractivity contribution is 5.19. The molecule has 0 amide bonds. The minimum Gasteiger partial charge on any atom is -0.388 e.